The number of hydrogen-bond acceptors (Lipinski definition) is 3. The van der Waals surface area contributed by atoms with Crippen molar-refractivity contribution in [3.8, 4) is 11.5 Å². The Labute approximate surface area is 144 Å². The zero-order valence-electron chi connectivity index (χ0n) is 11.0. The van der Waals surface area contributed by atoms with Gasteiger partial charge in [-0.2, -0.15) is 0 Å². The van der Waals surface area contributed by atoms with Crippen LogP contribution in [0.5, 0.6) is 11.5 Å². The monoisotopic (exact) mass is 432 g/mol. The number of rotatable bonds is 4. The summed E-state index contributed by atoms with van der Waals surface area (Å²) in [5.74, 6) is 0.384. The van der Waals surface area contributed by atoms with Gasteiger partial charge in [-0.3, -0.25) is 0 Å². The molecule has 0 radical (unpaired) electrons. The Morgan fingerprint density at radius 1 is 1.14 bits per heavy atom. The minimum absolute atomic E-state index is 0.221. The number of halogens is 3. The molecule has 0 unspecified atom stereocenters. The summed E-state index contributed by atoms with van der Waals surface area (Å²) in [6.45, 7) is 1.73. The van der Waals surface area contributed by atoms with E-state index in [1.807, 2.05) is 19.1 Å². The van der Waals surface area contributed by atoms with Crippen molar-refractivity contribution in [3.05, 3.63) is 55.9 Å². The van der Waals surface area contributed by atoms with E-state index in [2.05, 4.69) is 31.9 Å². The van der Waals surface area contributed by atoms with Crippen molar-refractivity contribution in [2.75, 3.05) is 6.61 Å². The largest absolute Gasteiger partial charge is 0.480 e. The van der Waals surface area contributed by atoms with Gasteiger partial charge in [0, 0.05) is 4.47 Å². The van der Waals surface area contributed by atoms with E-state index in [9.17, 15) is 4.79 Å². The van der Waals surface area contributed by atoms with Crippen molar-refractivity contribution in [1.82, 2.24) is 0 Å². The van der Waals surface area contributed by atoms with E-state index < -0.39 is 5.97 Å². The predicted molar refractivity (Wildman–Crippen MR) is 89.2 cm³/mol. The van der Waals surface area contributed by atoms with Crippen molar-refractivity contribution < 1.29 is 14.3 Å². The van der Waals surface area contributed by atoms with Crippen molar-refractivity contribution in [1.29, 1.82) is 0 Å². The highest BCUT2D eigenvalue weighted by Gasteiger charge is 2.10. The van der Waals surface area contributed by atoms with Gasteiger partial charge in [0.2, 0.25) is 0 Å². The highest BCUT2D eigenvalue weighted by atomic mass is 79.9. The second-order valence-electron chi connectivity index (χ2n) is 4.27. The second-order valence-corrected chi connectivity index (χ2v) is 6.45. The molecule has 0 atom stereocenters. The first-order valence-corrected chi connectivity index (χ1v) is 7.97. The summed E-state index contributed by atoms with van der Waals surface area (Å²) in [4.78, 5) is 11.8. The second kappa shape index (κ2) is 7.29. The maximum Gasteiger partial charge on any atom is 0.349 e. The molecule has 0 N–H and O–H groups in total. The average Bonchev–Trinajstić information content (AvgIpc) is 2.41. The lowest BCUT2D eigenvalue weighted by molar-refractivity contribution is -0.136. The minimum Gasteiger partial charge on any atom is -0.480 e. The highest BCUT2D eigenvalue weighted by molar-refractivity contribution is 9.10. The minimum atomic E-state index is -0.501. The summed E-state index contributed by atoms with van der Waals surface area (Å²) >= 11 is 12.6. The Hall–Kier alpha value is -1.04. The van der Waals surface area contributed by atoms with Gasteiger partial charge in [0.25, 0.3) is 0 Å². The number of hydrogen-bond donors (Lipinski definition) is 0. The van der Waals surface area contributed by atoms with Gasteiger partial charge < -0.3 is 9.47 Å². The molecule has 0 aromatic heterocycles. The van der Waals surface area contributed by atoms with E-state index in [1.54, 1.807) is 24.3 Å². The molecule has 0 saturated heterocycles. The average molecular weight is 435 g/mol. The first kappa shape index (κ1) is 16.3. The van der Waals surface area contributed by atoms with E-state index in [0.717, 1.165) is 14.5 Å². The molecule has 0 aliphatic rings. The van der Waals surface area contributed by atoms with Gasteiger partial charge in [-0.1, -0.05) is 33.6 Å². The molecule has 0 saturated carbocycles. The third-order valence-corrected chi connectivity index (χ3v) is 3.96. The van der Waals surface area contributed by atoms with E-state index in [1.165, 1.54) is 0 Å². The van der Waals surface area contributed by atoms with Crippen molar-refractivity contribution in [2.45, 2.75) is 6.92 Å². The number of carbonyl (C=O) groups is 1. The van der Waals surface area contributed by atoms with Crippen LogP contribution in [0, 0.1) is 6.92 Å². The maximum absolute atomic E-state index is 11.8. The van der Waals surface area contributed by atoms with Gasteiger partial charge in [-0.15, -0.1) is 0 Å². The van der Waals surface area contributed by atoms with Crippen LogP contribution in [0.3, 0.4) is 0 Å². The van der Waals surface area contributed by atoms with Crippen LogP contribution >= 0.6 is 43.5 Å². The lowest BCUT2D eigenvalue weighted by Crippen LogP contribution is -2.18. The Balaban J connectivity index is 1.96. The smallest absolute Gasteiger partial charge is 0.349 e. The first-order chi connectivity index (χ1) is 9.95. The maximum atomic E-state index is 11.8. The number of ether oxygens (including phenoxy) is 2. The molecule has 21 heavy (non-hydrogen) atoms. The Morgan fingerprint density at radius 2 is 1.86 bits per heavy atom. The van der Waals surface area contributed by atoms with Gasteiger partial charge in [0.1, 0.15) is 11.5 Å². The van der Waals surface area contributed by atoms with Crippen LogP contribution in [0.2, 0.25) is 5.02 Å². The Morgan fingerprint density at radius 3 is 2.52 bits per heavy atom. The predicted octanol–water partition coefficient (Wildman–Crippen LogP) is 5.16. The topological polar surface area (TPSA) is 35.5 Å². The Bertz CT molecular complexity index is 674. The molecule has 0 bridgehead atoms. The number of aryl methyl sites for hydroxylation is 1. The molecule has 0 amide bonds. The third-order valence-electron chi connectivity index (χ3n) is 2.55. The fraction of sp³-hybridized carbons (Fsp3) is 0.133. The fourth-order valence-corrected chi connectivity index (χ4v) is 2.87. The molecule has 6 heteroatoms. The number of benzene rings is 2. The van der Waals surface area contributed by atoms with Crippen molar-refractivity contribution in [3.63, 3.8) is 0 Å². The van der Waals surface area contributed by atoms with Crippen LogP contribution in [0.15, 0.2) is 45.3 Å². The van der Waals surface area contributed by atoms with Gasteiger partial charge in [-0.05, 0) is 58.7 Å². The van der Waals surface area contributed by atoms with Crippen LogP contribution in [0.25, 0.3) is 0 Å². The van der Waals surface area contributed by atoms with Gasteiger partial charge in [0.05, 0.1) is 9.50 Å². The summed E-state index contributed by atoms with van der Waals surface area (Å²) < 4.78 is 12.1. The standard InChI is InChI=1S/C15H11Br2ClO3/c1-9-2-4-13(11(17)6-9)21-15(19)8-20-14-5-3-10(16)7-12(14)18/h2-7H,8H2,1H3. The SMILES string of the molecule is Cc1ccc(OC(=O)COc2ccc(Br)cc2Cl)c(Br)c1. The molecule has 0 aliphatic heterocycles. The van der Waals surface area contributed by atoms with Crippen LogP contribution in [-0.2, 0) is 4.79 Å². The Kier molecular flexibility index (Phi) is 5.67. The molecule has 0 fully saturated rings. The van der Waals surface area contributed by atoms with Crippen LogP contribution < -0.4 is 9.47 Å². The molecule has 3 nitrogen and oxygen atoms in total. The number of carbonyl (C=O) groups excluding carboxylic acids is 1. The molecule has 2 rings (SSSR count). The van der Waals surface area contributed by atoms with Crippen LogP contribution in [0.4, 0.5) is 0 Å². The summed E-state index contributed by atoms with van der Waals surface area (Å²) in [5, 5.41) is 0.425. The first-order valence-electron chi connectivity index (χ1n) is 6.00. The van der Waals surface area contributed by atoms with E-state index in [-0.39, 0.29) is 6.61 Å². The zero-order chi connectivity index (χ0) is 15.4. The van der Waals surface area contributed by atoms with Crippen LogP contribution in [-0.4, -0.2) is 12.6 Å². The van der Waals surface area contributed by atoms with E-state index >= 15 is 0 Å². The highest BCUT2D eigenvalue weighted by Crippen LogP contribution is 2.28. The summed E-state index contributed by atoms with van der Waals surface area (Å²) in [6.07, 6.45) is 0. The third kappa shape index (κ3) is 4.73. The number of esters is 1. The molecular formula is C15H11Br2ClO3. The summed E-state index contributed by atoms with van der Waals surface area (Å²) in [7, 11) is 0. The normalized spacial score (nSPS) is 10.3. The van der Waals surface area contributed by atoms with Crippen LogP contribution in [0.1, 0.15) is 5.56 Å². The molecule has 0 aliphatic carbocycles. The summed E-state index contributed by atoms with van der Waals surface area (Å²) in [6, 6.07) is 10.6. The molecule has 2 aromatic carbocycles. The van der Waals surface area contributed by atoms with Gasteiger partial charge in [-0.25, -0.2) is 4.79 Å². The quantitative estimate of drug-likeness (QED) is 0.493. The zero-order valence-corrected chi connectivity index (χ0v) is 15.0. The lowest BCUT2D eigenvalue weighted by atomic mass is 10.2. The fourth-order valence-electron chi connectivity index (χ4n) is 1.57. The molecule has 110 valence electrons. The molecular weight excluding hydrogens is 423 g/mol. The lowest BCUT2D eigenvalue weighted by Gasteiger charge is -2.09. The van der Waals surface area contributed by atoms with E-state index in [0.29, 0.717) is 16.5 Å². The molecule has 0 spiro atoms. The van der Waals surface area contributed by atoms with Gasteiger partial charge >= 0.3 is 5.97 Å². The van der Waals surface area contributed by atoms with E-state index in [4.69, 9.17) is 21.1 Å². The van der Waals surface area contributed by atoms with Crippen molar-refractivity contribution >= 4 is 49.4 Å². The molecule has 2 aromatic rings. The summed E-state index contributed by atoms with van der Waals surface area (Å²) in [5.41, 5.74) is 1.07. The van der Waals surface area contributed by atoms with Crippen molar-refractivity contribution in [2.24, 2.45) is 0 Å². The van der Waals surface area contributed by atoms with Gasteiger partial charge in [0.15, 0.2) is 6.61 Å². The molecule has 0 heterocycles.